The smallest absolute Gasteiger partial charge is 0.255 e. The maximum absolute atomic E-state index is 13.3. The van der Waals surface area contributed by atoms with Crippen LogP contribution in [0.4, 0.5) is 18.9 Å². The summed E-state index contributed by atoms with van der Waals surface area (Å²) in [5.41, 5.74) is 0.0440. The molecule has 0 radical (unpaired) electrons. The first-order valence-corrected chi connectivity index (χ1v) is 10.1. The van der Waals surface area contributed by atoms with E-state index in [0.29, 0.717) is 22.1 Å². The zero-order chi connectivity index (χ0) is 20.8. The van der Waals surface area contributed by atoms with Crippen molar-refractivity contribution in [2.24, 2.45) is 5.92 Å². The lowest BCUT2D eigenvalue weighted by molar-refractivity contribution is 0.102. The van der Waals surface area contributed by atoms with E-state index in [1.807, 2.05) is 13.8 Å². The molecule has 0 aliphatic rings. The molecule has 28 heavy (non-hydrogen) atoms. The lowest BCUT2D eigenvalue weighted by Crippen LogP contribution is -2.18. The van der Waals surface area contributed by atoms with Crippen LogP contribution in [0, 0.1) is 23.4 Å². The Morgan fingerprint density at radius 2 is 1.86 bits per heavy atom. The Morgan fingerprint density at radius 1 is 1.21 bits per heavy atom. The molecule has 0 saturated heterocycles. The van der Waals surface area contributed by atoms with Crippen molar-refractivity contribution in [2.75, 3.05) is 11.9 Å². The maximum Gasteiger partial charge on any atom is 0.255 e. The number of benzene rings is 2. The SMILES string of the molecule is CCCC(CO)C(C)Sc1cc(C(=O)Nc2cc(F)c(F)c(F)c2)ccc1Cl. The number of rotatable bonds is 8. The molecule has 0 spiro atoms. The molecule has 0 bridgehead atoms. The molecule has 2 aromatic carbocycles. The highest BCUT2D eigenvalue weighted by Crippen LogP contribution is 2.35. The minimum absolute atomic E-state index is 0.0570. The monoisotopic (exact) mass is 431 g/mol. The van der Waals surface area contributed by atoms with E-state index in [9.17, 15) is 23.1 Å². The number of hydrogen-bond donors (Lipinski definition) is 2. The van der Waals surface area contributed by atoms with Gasteiger partial charge in [0.2, 0.25) is 0 Å². The number of halogens is 4. The van der Waals surface area contributed by atoms with Gasteiger partial charge >= 0.3 is 0 Å². The summed E-state index contributed by atoms with van der Waals surface area (Å²) < 4.78 is 39.7. The van der Waals surface area contributed by atoms with E-state index in [2.05, 4.69) is 5.32 Å². The highest BCUT2D eigenvalue weighted by atomic mass is 35.5. The summed E-state index contributed by atoms with van der Waals surface area (Å²) in [7, 11) is 0. The number of carbonyl (C=O) groups excluding carboxylic acids is 1. The molecule has 0 aliphatic heterocycles. The van der Waals surface area contributed by atoms with Gasteiger partial charge in [0.25, 0.3) is 5.91 Å². The number of amides is 1. The third kappa shape index (κ3) is 5.65. The van der Waals surface area contributed by atoms with Crippen molar-refractivity contribution >= 4 is 35.0 Å². The van der Waals surface area contributed by atoms with Gasteiger partial charge in [0.1, 0.15) is 0 Å². The molecular formula is C20H21ClF3NO2S. The zero-order valence-corrected chi connectivity index (χ0v) is 17.0. The molecule has 1 amide bonds. The second-order valence-corrected chi connectivity index (χ2v) is 8.23. The van der Waals surface area contributed by atoms with Crippen LogP contribution in [0.15, 0.2) is 35.2 Å². The standard InChI is InChI=1S/C20H21ClF3NO2S/c1-3-4-13(10-26)11(2)28-18-7-12(5-6-15(18)21)20(27)25-14-8-16(22)19(24)17(23)9-14/h5-9,11,13,26H,3-4,10H2,1-2H3,(H,25,27). The summed E-state index contributed by atoms with van der Waals surface area (Å²) in [6, 6.07) is 6.04. The molecule has 0 heterocycles. The average Bonchev–Trinajstić information content (AvgIpc) is 2.65. The Morgan fingerprint density at radius 3 is 2.43 bits per heavy atom. The van der Waals surface area contributed by atoms with Gasteiger partial charge in [0.15, 0.2) is 17.5 Å². The normalized spacial score (nSPS) is 13.2. The van der Waals surface area contributed by atoms with Gasteiger partial charge < -0.3 is 10.4 Å². The lowest BCUT2D eigenvalue weighted by atomic mass is 10.0. The summed E-state index contributed by atoms with van der Waals surface area (Å²) in [4.78, 5) is 13.1. The van der Waals surface area contributed by atoms with Crippen molar-refractivity contribution in [1.82, 2.24) is 0 Å². The number of carbonyl (C=O) groups is 1. The molecule has 0 saturated carbocycles. The third-order valence-electron chi connectivity index (χ3n) is 4.31. The Hall–Kier alpha value is -1.70. The summed E-state index contributed by atoms with van der Waals surface area (Å²) in [5, 5.41) is 12.4. The quantitative estimate of drug-likeness (QED) is 0.404. The average molecular weight is 432 g/mol. The highest BCUT2D eigenvalue weighted by Gasteiger charge is 2.19. The molecular weight excluding hydrogens is 411 g/mol. The molecule has 3 nitrogen and oxygen atoms in total. The van der Waals surface area contributed by atoms with Gasteiger partial charge in [-0.05, 0) is 30.5 Å². The minimum Gasteiger partial charge on any atom is -0.396 e. The van der Waals surface area contributed by atoms with Crippen LogP contribution in [0.25, 0.3) is 0 Å². The second-order valence-electron chi connectivity index (χ2n) is 6.41. The molecule has 2 N–H and O–H groups in total. The van der Waals surface area contributed by atoms with Gasteiger partial charge in [-0.25, -0.2) is 13.2 Å². The first-order chi connectivity index (χ1) is 13.3. The van der Waals surface area contributed by atoms with E-state index in [1.165, 1.54) is 17.8 Å². The highest BCUT2D eigenvalue weighted by molar-refractivity contribution is 8.00. The van der Waals surface area contributed by atoms with Crippen molar-refractivity contribution in [1.29, 1.82) is 0 Å². The Kier molecular flexibility index (Phi) is 8.22. The molecule has 0 aliphatic carbocycles. The number of aliphatic hydroxyl groups excluding tert-OH is 1. The van der Waals surface area contributed by atoms with E-state index in [-0.39, 0.29) is 29.0 Å². The van der Waals surface area contributed by atoms with Crippen LogP contribution in [0.1, 0.15) is 37.0 Å². The van der Waals surface area contributed by atoms with Crippen molar-refractivity contribution in [3.63, 3.8) is 0 Å². The summed E-state index contributed by atoms with van der Waals surface area (Å²) >= 11 is 7.68. The molecule has 8 heteroatoms. The van der Waals surface area contributed by atoms with Gasteiger partial charge in [-0.3, -0.25) is 4.79 Å². The van der Waals surface area contributed by atoms with Crippen LogP contribution in [-0.4, -0.2) is 22.9 Å². The number of anilines is 1. The fourth-order valence-corrected chi connectivity index (χ4v) is 4.15. The van der Waals surface area contributed by atoms with Crippen LogP contribution in [-0.2, 0) is 0 Å². The first-order valence-electron chi connectivity index (χ1n) is 8.79. The number of thioether (sulfide) groups is 1. The van der Waals surface area contributed by atoms with E-state index in [4.69, 9.17) is 11.6 Å². The van der Waals surface area contributed by atoms with E-state index >= 15 is 0 Å². The van der Waals surface area contributed by atoms with E-state index < -0.39 is 23.4 Å². The topological polar surface area (TPSA) is 49.3 Å². The summed E-state index contributed by atoms with van der Waals surface area (Å²) in [6.45, 7) is 4.08. The minimum atomic E-state index is -1.59. The van der Waals surface area contributed by atoms with Crippen LogP contribution in [0.5, 0.6) is 0 Å². The van der Waals surface area contributed by atoms with Gasteiger partial charge in [-0.2, -0.15) is 0 Å². The van der Waals surface area contributed by atoms with Gasteiger partial charge in [-0.15, -0.1) is 11.8 Å². The first kappa shape index (κ1) is 22.6. The Labute approximate surface area is 171 Å². The Bertz CT molecular complexity index is 827. The van der Waals surface area contributed by atoms with Crippen LogP contribution >= 0.6 is 23.4 Å². The van der Waals surface area contributed by atoms with Gasteiger partial charge in [0, 0.05) is 40.1 Å². The number of nitrogens with one attached hydrogen (secondary N) is 1. The largest absolute Gasteiger partial charge is 0.396 e. The summed E-state index contributed by atoms with van der Waals surface area (Å²) in [5.74, 6) is -4.88. The van der Waals surface area contributed by atoms with Crippen LogP contribution < -0.4 is 5.32 Å². The number of hydrogen-bond acceptors (Lipinski definition) is 3. The summed E-state index contributed by atoms with van der Waals surface area (Å²) in [6.07, 6.45) is 1.81. The molecule has 2 aromatic rings. The number of aliphatic hydroxyl groups is 1. The molecule has 2 rings (SSSR count). The van der Waals surface area contributed by atoms with Crippen molar-refractivity contribution in [3.05, 3.63) is 58.4 Å². The predicted octanol–water partition coefficient (Wildman–Crippen LogP) is 5.90. The molecule has 0 aromatic heterocycles. The van der Waals surface area contributed by atoms with Gasteiger partial charge in [0.05, 0.1) is 5.02 Å². The second kappa shape index (κ2) is 10.2. The molecule has 2 unspecified atom stereocenters. The molecule has 2 atom stereocenters. The fraction of sp³-hybridized carbons (Fsp3) is 0.350. The van der Waals surface area contributed by atoms with Gasteiger partial charge in [-0.1, -0.05) is 31.9 Å². The van der Waals surface area contributed by atoms with Crippen LogP contribution in [0.3, 0.4) is 0 Å². The molecule has 152 valence electrons. The zero-order valence-electron chi connectivity index (χ0n) is 15.4. The third-order valence-corrected chi connectivity index (χ3v) is 6.10. The molecule has 0 fully saturated rings. The van der Waals surface area contributed by atoms with E-state index in [0.717, 1.165) is 12.8 Å². The van der Waals surface area contributed by atoms with Crippen molar-refractivity contribution < 1.29 is 23.1 Å². The lowest BCUT2D eigenvalue weighted by Gasteiger charge is -2.21. The van der Waals surface area contributed by atoms with Crippen LogP contribution in [0.2, 0.25) is 5.02 Å². The van der Waals surface area contributed by atoms with Crippen molar-refractivity contribution in [3.8, 4) is 0 Å². The Balaban J connectivity index is 2.18. The predicted molar refractivity (Wildman–Crippen MR) is 107 cm³/mol. The maximum atomic E-state index is 13.3. The van der Waals surface area contributed by atoms with E-state index in [1.54, 1.807) is 12.1 Å². The fourth-order valence-electron chi connectivity index (χ4n) is 2.71. The van der Waals surface area contributed by atoms with Crippen molar-refractivity contribution in [2.45, 2.75) is 36.8 Å².